The van der Waals surface area contributed by atoms with Crippen LogP contribution in [0.1, 0.15) is 0 Å². The van der Waals surface area contributed by atoms with Gasteiger partial charge in [0.1, 0.15) is 0 Å². The molecule has 96 valence electrons. The summed E-state index contributed by atoms with van der Waals surface area (Å²) >= 11 is 0. The largest absolute Gasteiger partial charge is 0.0829 e. The van der Waals surface area contributed by atoms with E-state index in [9.17, 15) is 0 Å². The number of azide groups is 1. The third-order valence-corrected chi connectivity index (χ3v) is 5.21. The maximum atomic E-state index is 8.86. The predicted molar refractivity (Wildman–Crippen MR) is 84.7 cm³/mol. The Bertz CT molecular complexity index is 700. The van der Waals surface area contributed by atoms with Gasteiger partial charge in [0.25, 0.3) is 0 Å². The average molecular weight is 277 g/mol. The number of benzene rings is 2. The molecule has 0 saturated heterocycles. The van der Waals surface area contributed by atoms with Crippen LogP contribution in [0.3, 0.4) is 0 Å². The third-order valence-electron chi connectivity index (χ3n) is 3.12. The van der Waals surface area contributed by atoms with Gasteiger partial charge in [-0.25, -0.2) is 0 Å². The quantitative estimate of drug-likeness (QED) is 0.307. The van der Waals surface area contributed by atoms with E-state index >= 15 is 0 Å². The normalized spacial score (nSPS) is 10.9. The Morgan fingerprint density at radius 1 is 0.850 bits per heavy atom. The van der Waals surface area contributed by atoms with Crippen molar-refractivity contribution in [2.45, 2.75) is 0 Å². The molecule has 0 N–H and O–H groups in total. The van der Waals surface area contributed by atoms with Crippen molar-refractivity contribution in [3.8, 4) is 16.4 Å². The summed E-state index contributed by atoms with van der Waals surface area (Å²) in [6.07, 6.45) is 0. The molecule has 4 heteroatoms. The lowest BCUT2D eigenvalue weighted by atomic mass is 10.1. The Morgan fingerprint density at radius 2 is 1.50 bits per heavy atom. The van der Waals surface area contributed by atoms with Gasteiger partial charge >= 0.3 is 0 Å². The molecule has 3 nitrogen and oxygen atoms in total. The summed E-state index contributed by atoms with van der Waals surface area (Å²) in [5.74, 6) is 2.15. The minimum atomic E-state index is -0.694. The van der Waals surface area contributed by atoms with Gasteiger partial charge in [0.05, 0.1) is 5.42 Å². The van der Waals surface area contributed by atoms with Crippen LogP contribution in [0.15, 0.2) is 77.6 Å². The summed E-state index contributed by atoms with van der Waals surface area (Å²) in [7, 11) is -0.694. The van der Waals surface area contributed by atoms with E-state index in [2.05, 4.69) is 34.0 Å². The first-order chi connectivity index (χ1) is 9.90. The maximum absolute atomic E-state index is 8.86. The minimum Gasteiger partial charge on any atom is -0.0829 e. The van der Waals surface area contributed by atoms with Crippen LogP contribution in [0.2, 0.25) is 0 Å². The Labute approximate surface area is 118 Å². The lowest BCUT2D eigenvalue weighted by Crippen LogP contribution is -1.72. The first kappa shape index (κ1) is 12.6. The molecule has 1 atom stereocenters. The van der Waals surface area contributed by atoms with Gasteiger partial charge in [-0.3, -0.25) is 0 Å². The molecule has 0 radical (unpaired) electrons. The molecule has 0 amide bonds. The summed E-state index contributed by atoms with van der Waals surface area (Å²) in [4.78, 5) is 3.01. The van der Waals surface area contributed by atoms with Crippen molar-refractivity contribution >= 4 is 13.0 Å². The second kappa shape index (κ2) is 5.66. The Morgan fingerprint density at radius 3 is 2.15 bits per heavy atom. The van der Waals surface area contributed by atoms with Gasteiger partial charge in [0.15, 0.2) is 0 Å². The number of nitrogens with zero attached hydrogens (tertiary/aromatic N) is 3. The summed E-state index contributed by atoms with van der Waals surface area (Å²) in [6.45, 7) is 0. The fourth-order valence-corrected chi connectivity index (χ4v) is 4.16. The van der Waals surface area contributed by atoms with Gasteiger partial charge in [-0.2, -0.15) is 0 Å². The van der Waals surface area contributed by atoms with Gasteiger partial charge in [-0.05, 0) is 33.8 Å². The van der Waals surface area contributed by atoms with Crippen LogP contribution in [-0.4, -0.2) is 0 Å². The molecule has 0 fully saturated rings. The molecule has 0 spiro atoms. The van der Waals surface area contributed by atoms with Crippen molar-refractivity contribution in [1.82, 2.24) is 0 Å². The Balaban J connectivity index is 2.19. The van der Waals surface area contributed by atoms with Crippen molar-refractivity contribution < 1.29 is 0 Å². The number of rotatable bonds is 3. The van der Waals surface area contributed by atoms with E-state index in [1.807, 2.05) is 48.5 Å². The standard InChI is InChI=1S/C16H12N3P/c17-19-18-16-15(13-7-3-1-4-8-13)11-12-20(16)14-9-5-2-6-10-14/h1-12H. The van der Waals surface area contributed by atoms with E-state index in [-0.39, 0.29) is 0 Å². The number of hydrogen-bond donors (Lipinski definition) is 0. The van der Waals surface area contributed by atoms with Crippen LogP contribution >= 0.6 is 7.53 Å². The van der Waals surface area contributed by atoms with E-state index < -0.39 is 7.53 Å². The van der Waals surface area contributed by atoms with E-state index in [0.717, 1.165) is 16.5 Å². The van der Waals surface area contributed by atoms with Gasteiger partial charge in [-0.15, -0.1) is 0 Å². The topological polar surface area (TPSA) is 48.8 Å². The van der Waals surface area contributed by atoms with E-state index in [4.69, 9.17) is 5.53 Å². The molecular formula is C16H12N3P. The van der Waals surface area contributed by atoms with Crippen LogP contribution in [0, 0.1) is 0 Å². The lowest BCUT2D eigenvalue weighted by Gasteiger charge is -2.04. The smallest absolute Gasteiger partial charge is 0.0693 e. The second-order valence-electron chi connectivity index (χ2n) is 4.31. The average Bonchev–Trinajstić information content (AvgIpc) is 2.93. The van der Waals surface area contributed by atoms with Crippen LogP contribution in [-0.2, 0) is 0 Å². The fourth-order valence-electron chi connectivity index (χ4n) is 2.21. The minimum absolute atomic E-state index is 0.694. The van der Waals surface area contributed by atoms with Crippen LogP contribution in [0.5, 0.6) is 0 Å². The van der Waals surface area contributed by atoms with Crippen LogP contribution in [0.4, 0.5) is 5.42 Å². The molecule has 0 aliphatic rings. The first-order valence-electron chi connectivity index (χ1n) is 6.27. The third kappa shape index (κ3) is 2.33. The lowest BCUT2D eigenvalue weighted by molar-refractivity contribution is 1.55. The summed E-state index contributed by atoms with van der Waals surface area (Å²) in [5, 5.41) is 5.17. The van der Waals surface area contributed by atoms with Crippen LogP contribution < -0.4 is 0 Å². The molecule has 3 rings (SSSR count). The van der Waals surface area contributed by atoms with Gasteiger partial charge in [0, 0.05) is 4.91 Å². The molecule has 1 unspecified atom stereocenters. The van der Waals surface area contributed by atoms with E-state index in [1.165, 1.54) is 5.30 Å². The molecule has 3 aromatic rings. The van der Waals surface area contributed by atoms with Crippen molar-refractivity contribution in [3.05, 3.63) is 83.0 Å². The zero-order valence-electron chi connectivity index (χ0n) is 10.7. The molecule has 0 aliphatic heterocycles. The summed E-state index contributed by atoms with van der Waals surface area (Å²) in [6, 6.07) is 22.3. The highest BCUT2D eigenvalue weighted by molar-refractivity contribution is 7.60. The molecule has 1 heterocycles. The monoisotopic (exact) mass is 277 g/mol. The highest BCUT2D eigenvalue weighted by Crippen LogP contribution is 2.54. The maximum Gasteiger partial charge on any atom is 0.0693 e. The molecule has 0 saturated carbocycles. The van der Waals surface area contributed by atoms with Crippen molar-refractivity contribution in [1.29, 1.82) is 0 Å². The van der Waals surface area contributed by atoms with Crippen LogP contribution in [0.25, 0.3) is 26.9 Å². The van der Waals surface area contributed by atoms with Gasteiger partial charge in [-0.1, -0.05) is 73.3 Å². The highest BCUT2D eigenvalue weighted by Gasteiger charge is 2.11. The zero-order chi connectivity index (χ0) is 13.8. The van der Waals surface area contributed by atoms with Crippen molar-refractivity contribution in [3.63, 3.8) is 0 Å². The predicted octanol–water partition coefficient (Wildman–Crippen LogP) is 6.27. The zero-order valence-corrected chi connectivity index (χ0v) is 11.6. The summed E-state index contributed by atoms with van der Waals surface area (Å²) in [5.41, 5.74) is 11.8. The highest BCUT2D eigenvalue weighted by atomic mass is 31.1. The SMILES string of the molecule is [N-]=[N+]=Nc1c(-c2ccccc2)ccp1-c1ccccc1. The van der Waals surface area contributed by atoms with Crippen molar-refractivity contribution in [2.24, 2.45) is 5.11 Å². The molecular weight excluding hydrogens is 265 g/mol. The Kier molecular flexibility index (Phi) is 3.56. The fraction of sp³-hybridized carbons (Fsp3) is 0. The second-order valence-corrected chi connectivity index (χ2v) is 6.29. The molecule has 1 aromatic heterocycles. The summed E-state index contributed by atoms with van der Waals surface area (Å²) < 4.78 is 0. The molecule has 20 heavy (non-hydrogen) atoms. The molecule has 2 aromatic carbocycles. The molecule has 0 bridgehead atoms. The number of hydrogen-bond acceptors (Lipinski definition) is 1. The van der Waals surface area contributed by atoms with E-state index in [1.54, 1.807) is 0 Å². The van der Waals surface area contributed by atoms with Crippen molar-refractivity contribution in [2.75, 3.05) is 0 Å². The first-order valence-corrected chi connectivity index (χ1v) is 7.68. The van der Waals surface area contributed by atoms with Gasteiger partial charge in [0.2, 0.25) is 0 Å². The van der Waals surface area contributed by atoms with E-state index in [0.29, 0.717) is 0 Å². The van der Waals surface area contributed by atoms with Gasteiger partial charge < -0.3 is 0 Å². The molecule has 0 aliphatic carbocycles. The Hall–Kier alpha value is -2.47.